The van der Waals surface area contributed by atoms with Crippen molar-refractivity contribution < 1.29 is 13.6 Å². The van der Waals surface area contributed by atoms with Crippen LogP contribution < -0.4 is 0 Å². The predicted octanol–water partition coefficient (Wildman–Crippen LogP) is 5.17. The summed E-state index contributed by atoms with van der Waals surface area (Å²) in [5, 5.41) is 16.6. The van der Waals surface area contributed by atoms with E-state index in [0.717, 1.165) is 21.7 Å². The maximum Gasteiger partial charge on any atom is 0.277 e. The van der Waals surface area contributed by atoms with Gasteiger partial charge in [0.1, 0.15) is 11.5 Å². The standard InChI is InChI=1S/C22H18N4O3S2/c1-14-6-8-15(9-7-14)21-23-24-22(29-21)31-13-20(27)26-17(19-5-3-11-30-19)12-16(25-26)18-4-2-10-28-18/h2-11,17H,12-13H2,1H3. The summed E-state index contributed by atoms with van der Waals surface area (Å²) in [6.07, 6.45) is 2.22. The van der Waals surface area contributed by atoms with Crippen LogP contribution in [0.4, 0.5) is 0 Å². The van der Waals surface area contributed by atoms with Crippen LogP contribution in [0.25, 0.3) is 11.5 Å². The molecule has 0 spiro atoms. The predicted molar refractivity (Wildman–Crippen MR) is 119 cm³/mol. The highest BCUT2D eigenvalue weighted by atomic mass is 32.2. The van der Waals surface area contributed by atoms with Gasteiger partial charge in [-0.25, -0.2) is 5.01 Å². The molecule has 0 saturated carbocycles. The molecule has 156 valence electrons. The van der Waals surface area contributed by atoms with Crippen molar-refractivity contribution in [2.75, 3.05) is 5.75 Å². The fraction of sp³-hybridized carbons (Fsp3) is 0.182. The van der Waals surface area contributed by atoms with Gasteiger partial charge in [0.05, 0.1) is 18.1 Å². The Bertz CT molecular complexity index is 1200. The number of nitrogens with zero attached hydrogens (tertiary/aromatic N) is 4. The van der Waals surface area contributed by atoms with Crippen molar-refractivity contribution in [2.45, 2.75) is 24.6 Å². The molecule has 4 heterocycles. The lowest BCUT2D eigenvalue weighted by atomic mass is 10.1. The van der Waals surface area contributed by atoms with Crippen LogP contribution in [0.2, 0.25) is 0 Å². The summed E-state index contributed by atoms with van der Waals surface area (Å²) in [7, 11) is 0. The molecule has 0 fully saturated rings. The second-order valence-corrected chi connectivity index (χ2v) is 8.93. The molecule has 0 radical (unpaired) electrons. The maximum atomic E-state index is 13.0. The van der Waals surface area contributed by atoms with Crippen LogP contribution in [0.1, 0.15) is 28.7 Å². The molecule has 5 rings (SSSR count). The molecule has 31 heavy (non-hydrogen) atoms. The first-order valence-electron chi connectivity index (χ1n) is 9.67. The number of benzene rings is 1. The Morgan fingerprint density at radius 1 is 1.19 bits per heavy atom. The number of furan rings is 1. The summed E-state index contributed by atoms with van der Waals surface area (Å²) in [4.78, 5) is 14.1. The number of thiophene rings is 1. The number of thioether (sulfide) groups is 1. The second-order valence-electron chi connectivity index (χ2n) is 7.03. The number of amides is 1. The first kappa shape index (κ1) is 19.8. The topological polar surface area (TPSA) is 84.7 Å². The van der Waals surface area contributed by atoms with Gasteiger partial charge in [-0.2, -0.15) is 5.10 Å². The highest BCUT2D eigenvalue weighted by molar-refractivity contribution is 7.99. The molecule has 9 heteroatoms. The Hall–Kier alpha value is -3.17. The third-order valence-corrected chi connectivity index (χ3v) is 6.64. The zero-order valence-electron chi connectivity index (χ0n) is 16.6. The molecule has 1 atom stereocenters. The molecule has 3 aromatic heterocycles. The monoisotopic (exact) mass is 450 g/mol. The van der Waals surface area contributed by atoms with Crippen molar-refractivity contribution in [3.63, 3.8) is 0 Å². The zero-order valence-corrected chi connectivity index (χ0v) is 18.2. The SMILES string of the molecule is Cc1ccc(-c2nnc(SCC(=O)N3N=C(c4ccco4)CC3c3cccs3)o2)cc1. The van der Waals surface area contributed by atoms with Gasteiger partial charge >= 0.3 is 0 Å². The number of hydrogen-bond acceptors (Lipinski definition) is 8. The molecule has 1 aliphatic heterocycles. The quantitative estimate of drug-likeness (QED) is 0.377. The third-order valence-electron chi connectivity index (χ3n) is 4.87. The average molecular weight is 451 g/mol. The van der Waals surface area contributed by atoms with Gasteiger partial charge in [0.15, 0.2) is 0 Å². The van der Waals surface area contributed by atoms with Crippen molar-refractivity contribution >= 4 is 34.7 Å². The number of carbonyl (C=O) groups excluding carboxylic acids is 1. The molecule has 1 aliphatic rings. The van der Waals surface area contributed by atoms with Crippen LogP contribution >= 0.6 is 23.1 Å². The van der Waals surface area contributed by atoms with Crippen molar-refractivity contribution in [1.29, 1.82) is 0 Å². The lowest BCUT2D eigenvalue weighted by molar-refractivity contribution is -0.130. The molecular formula is C22H18N4O3S2. The lowest BCUT2D eigenvalue weighted by Gasteiger charge is -2.20. The van der Waals surface area contributed by atoms with Crippen LogP contribution in [0.3, 0.4) is 0 Å². The Labute approximate surface area is 186 Å². The highest BCUT2D eigenvalue weighted by Crippen LogP contribution is 2.36. The molecular weight excluding hydrogens is 432 g/mol. The van der Waals surface area contributed by atoms with Crippen LogP contribution in [0.15, 0.2) is 79.3 Å². The summed E-state index contributed by atoms with van der Waals surface area (Å²) < 4.78 is 11.2. The van der Waals surface area contributed by atoms with E-state index in [9.17, 15) is 4.79 Å². The lowest BCUT2D eigenvalue weighted by Crippen LogP contribution is -2.28. The minimum absolute atomic E-state index is 0.125. The first-order valence-corrected chi connectivity index (χ1v) is 11.5. The average Bonchev–Trinajstić information content (AvgIpc) is 3.58. The number of hydrogen-bond donors (Lipinski definition) is 0. The van der Waals surface area contributed by atoms with E-state index < -0.39 is 0 Å². The van der Waals surface area contributed by atoms with Crippen LogP contribution in [0, 0.1) is 6.92 Å². The summed E-state index contributed by atoms with van der Waals surface area (Å²) in [5.74, 6) is 1.14. The van der Waals surface area contributed by atoms with E-state index in [1.807, 2.05) is 60.8 Å². The van der Waals surface area contributed by atoms with E-state index in [1.54, 1.807) is 22.6 Å². The van der Waals surface area contributed by atoms with E-state index in [2.05, 4.69) is 15.3 Å². The van der Waals surface area contributed by atoms with E-state index in [-0.39, 0.29) is 17.7 Å². The van der Waals surface area contributed by atoms with E-state index in [1.165, 1.54) is 11.8 Å². The van der Waals surface area contributed by atoms with Gasteiger partial charge in [-0.3, -0.25) is 4.79 Å². The van der Waals surface area contributed by atoms with E-state index in [4.69, 9.17) is 8.83 Å². The first-order chi connectivity index (χ1) is 15.2. The van der Waals surface area contributed by atoms with E-state index in [0.29, 0.717) is 23.3 Å². The molecule has 1 unspecified atom stereocenters. The number of aromatic nitrogens is 2. The molecule has 4 aromatic rings. The molecule has 0 aliphatic carbocycles. The van der Waals surface area contributed by atoms with Crippen molar-refractivity contribution in [2.24, 2.45) is 5.10 Å². The second kappa shape index (κ2) is 8.52. The van der Waals surface area contributed by atoms with Crippen molar-refractivity contribution in [3.8, 4) is 11.5 Å². The summed E-state index contributed by atoms with van der Waals surface area (Å²) in [5.41, 5.74) is 2.77. The summed E-state index contributed by atoms with van der Waals surface area (Å²) >= 11 is 2.82. The fourth-order valence-corrected chi connectivity index (χ4v) is 4.73. The molecule has 0 N–H and O–H groups in total. The minimum atomic E-state index is -0.140. The Balaban J connectivity index is 1.30. The Kier molecular flexibility index (Phi) is 5.44. The minimum Gasteiger partial charge on any atom is -0.463 e. The molecule has 0 saturated heterocycles. The molecule has 1 amide bonds. The van der Waals surface area contributed by atoms with Gasteiger partial charge in [0.25, 0.3) is 11.1 Å². The van der Waals surface area contributed by atoms with Crippen molar-refractivity contribution in [3.05, 3.63) is 76.4 Å². The van der Waals surface area contributed by atoms with Gasteiger partial charge in [-0.1, -0.05) is 35.5 Å². The number of carbonyl (C=O) groups is 1. The normalized spacial score (nSPS) is 16.0. The van der Waals surface area contributed by atoms with Crippen LogP contribution in [-0.4, -0.2) is 32.6 Å². The summed E-state index contributed by atoms with van der Waals surface area (Å²) in [6.45, 7) is 2.02. The fourth-order valence-electron chi connectivity index (χ4n) is 3.30. The zero-order chi connectivity index (χ0) is 21.2. The number of hydrazone groups is 1. The Morgan fingerprint density at radius 2 is 2.06 bits per heavy atom. The van der Waals surface area contributed by atoms with Gasteiger partial charge in [-0.05, 0) is 42.6 Å². The molecule has 0 bridgehead atoms. The van der Waals surface area contributed by atoms with Gasteiger partial charge in [0, 0.05) is 16.9 Å². The third kappa shape index (κ3) is 4.19. The summed E-state index contributed by atoms with van der Waals surface area (Å²) in [6, 6.07) is 15.4. The van der Waals surface area contributed by atoms with Crippen molar-refractivity contribution in [1.82, 2.24) is 15.2 Å². The van der Waals surface area contributed by atoms with Crippen LogP contribution in [0.5, 0.6) is 0 Å². The van der Waals surface area contributed by atoms with Crippen LogP contribution in [-0.2, 0) is 4.79 Å². The van der Waals surface area contributed by atoms with Gasteiger partial charge < -0.3 is 8.83 Å². The number of aryl methyl sites for hydroxylation is 1. The van der Waals surface area contributed by atoms with Gasteiger partial charge in [-0.15, -0.1) is 21.5 Å². The van der Waals surface area contributed by atoms with E-state index >= 15 is 0 Å². The van der Waals surface area contributed by atoms with Gasteiger partial charge in [0.2, 0.25) is 5.89 Å². The smallest absolute Gasteiger partial charge is 0.277 e. The molecule has 1 aromatic carbocycles. The molecule has 7 nitrogen and oxygen atoms in total. The number of rotatable bonds is 6. The highest BCUT2D eigenvalue weighted by Gasteiger charge is 2.34. The Morgan fingerprint density at radius 3 is 2.81 bits per heavy atom. The largest absolute Gasteiger partial charge is 0.463 e. The maximum absolute atomic E-state index is 13.0.